The summed E-state index contributed by atoms with van der Waals surface area (Å²) in [5.41, 5.74) is 1.09. The first-order chi connectivity index (χ1) is 8.35. The normalized spacial score (nSPS) is 27.8. The van der Waals surface area contributed by atoms with E-state index in [0.29, 0.717) is 6.54 Å². The molecule has 1 unspecified atom stereocenters. The predicted octanol–water partition coefficient (Wildman–Crippen LogP) is 2.72. The Labute approximate surface area is 140 Å². The van der Waals surface area contributed by atoms with Crippen molar-refractivity contribution in [1.29, 1.82) is 0 Å². The SMILES string of the molecule is CC1N=C(I(C)I)N2CS(=O)(=O)NCC2=C1SI. The number of amidine groups is 1. The standard InChI is InChI=1S/C8H12I3N3O2S2/c1-5-7(17-10)6-3-12-18(15,16)4-14(6)8(13-5)11(2)9/h5,12H,3-4H2,1-2H3. The number of sulfonamides is 1. The molecule has 104 valence electrons. The predicted molar refractivity (Wildman–Crippen MR) is 103 cm³/mol. The van der Waals surface area contributed by atoms with Gasteiger partial charge in [-0.15, -0.1) is 0 Å². The number of halogens is 3. The van der Waals surface area contributed by atoms with E-state index >= 15 is 0 Å². The Morgan fingerprint density at radius 2 is 2.28 bits per heavy atom. The average Bonchev–Trinajstić information content (AvgIpc) is 2.27. The zero-order valence-electron chi connectivity index (χ0n) is 9.65. The molecule has 0 bridgehead atoms. The van der Waals surface area contributed by atoms with Crippen LogP contribution in [0.4, 0.5) is 0 Å². The van der Waals surface area contributed by atoms with Gasteiger partial charge in [0.15, 0.2) is 0 Å². The molecule has 0 aliphatic carbocycles. The fraction of sp³-hybridized carbons (Fsp3) is 0.625. The number of nitrogens with one attached hydrogen (secondary N) is 1. The molecular formula is C8H12I3N3O2S2. The molecule has 5 nitrogen and oxygen atoms in total. The molecule has 0 aromatic heterocycles. The van der Waals surface area contributed by atoms with E-state index < -0.39 is 25.9 Å². The summed E-state index contributed by atoms with van der Waals surface area (Å²) in [7, 11) is -1.56. The van der Waals surface area contributed by atoms with Gasteiger partial charge in [-0.25, -0.2) is 0 Å². The van der Waals surface area contributed by atoms with Crippen LogP contribution in [-0.2, 0) is 10.0 Å². The van der Waals surface area contributed by atoms with Crippen molar-refractivity contribution in [1.82, 2.24) is 9.62 Å². The van der Waals surface area contributed by atoms with Crippen LogP contribution in [0.15, 0.2) is 15.6 Å². The van der Waals surface area contributed by atoms with E-state index in [1.807, 2.05) is 4.90 Å². The summed E-state index contributed by atoms with van der Waals surface area (Å²) in [6.45, 7) is 2.46. The number of alkyl halides is 1. The summed E-state index contributed by atoms with van der Waals surface area (Å²) >= 11 is 3.32. The van der Waals surface area contributed by atoms with Crippen molar-refractivity contribution in [2.45, 2.75) is 13.0 Å². The van der Waals surface area contributed by atoms with Gasteiger partial charge in [0.1, 0.15) is 0 Å². The summed E-state index contributed by atoms with van der Waals surface area (Å²) in [4.78, 5) is 9.98. The van der Waals surface area contributed by atoms with E-state index in [1.165, 1.54) is 0 Å². The molecule has 2 rings (SSSR count). The average molecular weight is 627 g/mol. The third-order valence-electron chi connectivity index (χ3n) is 2.59. The molecule has 0 saturated carbocycles. The number of aliphatic imine (C=N–C) groups is 1. The van der Waals surface area contributed by atoms with E-state index in [0.717, 1.165) is 14.4 Å². The molecular weight excluding hydrogens is 615 g/mol. The van der Waals surface area contributed by atoms with Crippen LogP contribution in [0.1, 0.15) is 6.92 Å². The van der Waals surface area contributed by atoms with Crippen LogP contribution < -0.4 is 4.72 Å². The first-order valence-electron chi connectivity index (χ1n) is 4.96. The van der Waals surface area contributed by atoms with Crippen molar-refractivity contribution in [3.8, 4) is 0 Å². The molecule has 1 fully saturated rings. The Bertz CT molecular complexity index is 518. The van der Waals surface area contributed by atoms with Crippen molar-refractivity contribution in [3.63, 3.8) is 0 Å². The Kier molecular flexibility index (Phi) is 5.52. The second-order valence-corrected chi connectivity index (χ2v) is 19.0. The Morgan fingerprint density at radius 3 is 2.83 bits per heavy atom. The van der Waals surface area contributed by atoms with Crippen LogP contribution in [0, 0.1) is 0 Å². The fourth-order valence-corrected chi connectivity index (χ4v) is 9.66. The fourth-order valence-electron chi connectivity index (χ4n) is 1.80. The number of fused-ring (bicyclic) bond motifs is 1. The van der Waals surface area contributed by atoms with Crippen molar-refractivity contribution >= 4 is 78.5 Å². The molecule has 0 amide bonds. The molecule has 2 aliphatic heterocycles. The summed E-state index contributed by atoms with van der Waals surface area (Å²) in [5, 5.41) is 0. The van der Waals surface area contributed by atoms with Crippen molar-refractivity contribution in [2.75, 3.05) is 17.4 Å². The molecule has 2 aliphatic rings. The van der Waals surface area contributed by atoms with Crippen LogP contribution in [0.25, 0.3) is 0 Å². The Morgan fingerprint density at radius 1 is 1.61 bits per heavy atom. The molecule has 10 heteroatoms. The van der Waals surface area contributed by atoms with Gasteiger partial charge >= 0.3 is 142 Å². The molecule has 1 saturated heterocycles. The van der Waals surface area contributed by atoms with Crippen LogP contribution in [0.3, 0.4) is 0 Å². The molecule has 0 aromatic carbocycles. The molecule has 18 heavy (non-hydrogen) atoms. The summed E-state index contributed by atoms with van der Waals surface area (Å²) in [5.74, 6) is 0.0133. The number of hydrogen-bond acceptors (Lipinski definition) is 5. The van der Waals surface area contributed by atoms with Gasteiger partial charge in [-0.05, 0) is 0 Å². The van der Waals surface area contributed by atoms with E-state index in [-0.39, 0.29) is 11.9 Å². The van der Waals surface area contributed by atoms with E-state index in [2.05, 4.69) is 56.4 Å². The van der Waals surface area contributed by atoms with Crippen LogP contribution >= 0.6 is 64.6 Å². The van der Waals surface area contributed by atoms with Gasteiger partial charge in [-0.1, -0.05) is 0 Å². The van der Waals surface area contributed by atoms with Gasteiger partial charge < -0.3 is 0 Å². The molecule has 2 heterocycles. The first-order valence-corrected chi connectivity index (χ1v) is 19.5. The minimum absolute atomic E-state index is 0.0133. The van der Waals surface area contributed by atoms with Gasteiger partial charge in [0.25, 0.3) is 0 Å². The summed E-state index contributed by atoms with van der Waals surface area (Å²) < 4.78 is 27.1. The van der Waals surface area contributed by atoms with E-state index in [9.17, 15) is 8.42 Å². The van der Waals surface area contributed by atoms with Gasteiger partial charge in [0.2, 0.25) is 0 Å². The van der Waals surface area contributed by atoms with Crippen molar-refractivity contribution in [3.05, 3.63) is 10.6 Å². The second-order valence-electron chi connectivity index (χ2n) is 3.86. The monoisotopic (exact) mass is 627 g/mol. The number of nitrogens with zero attached hydrogens (tertiary/aromatic N) is 2. The zero-order chi connectivity index (χ0) is 13.5. The third kappa shape index (κ3) is 3.28. The van der Waals surface area contributed by atoms with Crippen LogP contribution in [0.2, 0.25) is 0 Å². The van der Waals surface area contributed by atoms with Crippen LogP contribution in [0.5, 0.6) is 0 Å². The van der Waals surface area contributed by atoms with Crippen LogP contribution in [-0.4, -0.2) is 40.6 Å². The summed E-state index contributed by atoms with van der Waals surface area (Å²) in [6, 6.07) is 0.144. The van der Waals surface area contributed by atoms with Gasteiger partial charge in [0.05, 0.1) is 0 Å². The first kappa shape index (κ1) is 16.0. The third-order valence-corrected chi connectivity index (χ3v) is 10.6. The molecule has 0 spiro atoms. The zero-order valence-corrected chi connectivity index (χ0v) is 17.8. The number of hydrogen-bond donors (Lipinski definition) is 1. The second kappa shape index (κ2) is 6.19. The Hall–Kier alpha value is 1.66. The number of rotatable bonds is 2. The molecule has 1 atom stereocenters. The molecule has 0 aromatic rings. The summed E-state index contributed by atoms with van der Waals surface area (Å²) in [6.07, 6.45) is 0. The topological polar surface area (TPSA) is 61.8 Å². The van der Waals surface area contributed by atoms with Gasteiger partial charge in [-0.2, -0.15) is 0 Å². The van der Waals surface area contributed by atoms with Crippen molar-refractivity contribution in [2.24, 2.45) is 4.99 Å². The molecule has 0 radical (unpaired) electrons. The van der Waals surface area contributed by atoms with Crippen molar-refractivity contribution < 1.29 is 8.42 Å². The maximum absolute atomic E-state index is 11.7. The minimum atomic E-state index is -3.20. The molecule has 1 N–H and O–H groups in total. The van der Waals surface area contributed by atoms with E-state index in [1.54, 1.807) is 8.93 Å². The van der Waals surface area contributed by atoms with Gasteiger partial charge in [-0.3, -0.25) is 0 Å². The Balaban J connectivity index is 2.46. The maximum atomic E-state index is 11.7. The quantitative estimate of drug-likeness (QED) is 0.291. The van der Waals surface area contributed by atoms with E-state index in [4.69, 9.17) is 4.99 Å². The van der Waals surface area contributed by atoms with Gasteiger partial charge in [0, 0.05) is 0 Å².